The second kappa shape index (κ2) is 7.89. The largest absolute Gasteiger partial charge is 0.324 e. The minimum Gasteiger partial charge on any atom is -0.324 e. The fraction of sp³-hybridized carbons (Fsp3) is 0.278. The van der Waals surface area contributed by atoms with Gasteiger partial charge in [0, 0.05) is 10.7 Å². The lowest BCUT2D eigenvalue weighted by Gasteiger charge is -2.30. The molecule has 0 aromatic heterocycles. The van der Waals surface area contributed by atoms with E-state index in [0.29, 0.717) is 22.8 Å². The van der Waals surface area contributed by atoms with Crippen LogP contribution in [-0.4, -0.2) is 26.6 Å². The van der Waals surface area contributed by atoms with Crippen LogP contribution in [0.15, 0.2) is 48.5 Å². The van der Waals surface area contributed by atoms with Crippen molar-refractivity contribution in [3.05, 3.63) is 59.1 Å². The summed E-state index contributed by atoms with van der Waals surface area (Å²) in [4.78, 5) is 12.8. The predicted octanol–water partition coefficient (Wildman–Crippen LogP) is 3.83. The van der Waals surface area contributed by atoms with Crippen LogP contribution >= 0.6 is 11.6 Å². The van der Waals surface area contributed by atoms with E-state index < -0.39 is 16.1 Å². The Hall–Kier alpha value is -2.05. The Morgan fingerprint density at radius 1 is 1.16 bits per heavy atom. The first-order chi connectivity index (χ1) is 11.7. The van der Waals surface area contributed by atoms with Crippen molar-refractivity contribution in [2.45, 2.75) is 26.3 Å². The summed E-state index contributed by atoms with van der Waals surface area (Å²) in [5.41, 5.74) is 1.97. The van der Waals surface area contributed by atoms with E-state index in [-0.39, 0.29) is 5.91 Å². The van der Waals surface area contributed by atoms with Gasteiger partial charge in [0.15, 0.2) is 0 Å². The highest BCUT2D eigenvalue weighted by atomic mass is 35.5. The number of hydrogen-bond donors (Lipinski definition) is 1. The Morgan fingerprint density at radius 2 is 1.76 bits per heavy atom. The van der Waals surface area contributed by atoms with E-state index in [4.69, 9.17) is 11.6 Å². The van der Waals surface area contributed by atoms with Gasteiger partial charge in [0.2, 0.25) is 15.9 Å². The van der Waals surface area contributed by atoms with Crippen molar-refractivity contribution in [1.29, 1.82) is 0 Å². The Bertz CT molecular complexity index is 851. The minimum absolute atomic E-state index is 0.327. The van der Waals surface area contributed by atoms with E-state index in [2.05, 4.69) is 5.32 Å². The second-order valence-electron chi connectivity index (χ2n) is 5.76. The van der Waals surface area contributed by atoms with Crippen LogP contribution in [-0.2, 0) is 14.8 Å². The van der Waals surface area contributed by atoms with Gasteiger partial charge in [0.1, 0.15) is 6.04 Å². The summed E-state index contributed by atoms with van der Waals surface area (Å²) in [7, 11) is -3.66. The number of nitrogens with one attached hydrogen (secondary N) is 1. The number of nitrogens with zero attached hydrogens (tertiary/aromatic N) is 1. The van der Waals surface area contributed by atoms with Gasteiger partial charge in [-0.05, 0) is 49.2 Å². The van der Waals surface area contributed by atoms with E-state index in [1.807, 2.05) is 25.1 Å². The van der Waals surface area contributed by atoms with Crippen molar-refractivity contribution in [2.24, 2.45) is 0 Å². The number of carbonyl (C=O) groups excluding carboxylic acids is 1. The fourth-order valence-corrected chi connectivity index (χ4v) is 3.92. The molecule has 1 amide bonds. The monoisotopic (exact) mass is 380 g/mol. The number of halogens is 1. The number of hydrogen-bond acceptors (Lipinski definition) is 3. The summed E-state index contributed by atoms with van der Waals surface area (Å²) in [5.74, 6) is -0.378. The molecule has 25 heavy (non-hydrogen) atoms. The van der Waals surface area contributed by atoms with Gasteiger partial charge in [0.25, 0.3) is 0 Å². The lowest BCUT2D eigenvalue weighted by molar-refractivity contribution is -0.117. The van der Waals surface area contributed by atoms with Gasteiger partial charge in [-0.2, -0.15) is 0 Å². The number of carbonyl (C=O) groups is 1. The molecule has 0 heterocycles. The molecule has 0 saturated heterocycles. The van der Waals surface area contributed by atoms with Crippen LogP contribution in [0.2, 0.25) is 5.02 Å². The molecule has 0 aliphatic rings. The summed E-state index contributed by atoms with van der Waals surface area (Å²) in [6.45, 7) is 3.65. The van der Waals surface area contributed by atoms with E-state index in [1.165, 1.54) is 0 Å². The number of benzene rings is 2. The molecule has 0 fully saturated rings. The van der Waals surface area contributed by atoms with Crippen molar-refractivity contribution in [2.75, 3.05) is 15.9 Å². The molecule has 0 saturated carbocycles. The molecule has 1 unspecified atom stereocenters. The molecule has 0 bridgehead atoms. The molecule has 0 aliphatic heterocycles. The van der Waals surface area contributed by atoms with Crippen LogP contribution < -0.4 is 9.62 Å². The van der Waals surface area contributed by atoms with E-state index >= 15 is 0 Å². The second-order valence-corrected chi connectivity index (χ2v) is 8.06. The Balaban J connectivity index is 2.38. The highest BCUT2D eigenvalue weighted by Crippen LogP contribution is 2.25. The van der Waals surface area contributed by atoms with Gasteiger partial charge in [-0.25, -0.2) is 8.42 Å². The predicted molar refractivity (Wildman–Crippen MR) is 103 cm³/mol. The molecule has 7 heteroatoms. The van der Waals surface area contributed by atoms with Crippen molar-refractivity contribution >= 4 is 38.9 Å². The molecule has 0 aliphatic carbocycles. The smallest absolute Gasteiger partial charge is 0.248 e. The van der Waals surface area contributed by atoms with Crippen LogP contribution in [0.4, 0.5) is 11.4 Å². The third-order valence-electron chi connectivity index (χ3n) is 3.81. The highest BCUT2D eigenvalue weighted by molar-refractivity contribution is 7.92. The van der Waals surface area contributed by atoms with Crippen LogP contribution in [0.1, 0.15) is 18.9 Å². The Morgan fingerprint density at radius 3 is 2.28 bits per heavy atom. The molecule has 0 radical (unpaired) electrons. The van der Waals surface area contributed by atoms with Gasteiger partial charge in [0.05, 0.1) is 11.9 Å². The van der Waals surface area contributed by atoms with Crippen LogP contribution in [0.25, 0.3) is 0 Å². The molecular weight excluding hydrogens is 360 g/mol. The van der Waals surface area contributed by atoms with Gasteiger partial charge >= 0.3 is 0 Å². The van der Waals surface area contributed by atoms with E-state index in [9.17, 15) is 13.2 Å². The van der Waals surface area contributed by atoms with Gasteiger partial charge < -0.3 is 5.32 Å². The third kappa shape index (κ3) is 4.74. The fourth-order valence-electron chi connectivity index (χ4n) is 2.58. The first-order valence-corrected chi connectivity index (χ1v) is 10.1. The Labute approximate surface area is 153 Å². The summed E-state index contributed by atoms with van der Waals surface area (Å²) in [5, 5.41) is 3.32. The average molecular weight is 381 g/mol. The van der Waals surface area contributed by atoms with Gasteiger partial charge in [-0.1, -0.05) is 36.7 Å². The molecule has 0 spiro atoms. The summed E-state index contributed by atoms with van der Waals surface area (Å²) in [6, 6.07) is 12.9. The average Bonchev–Trinajstić information content (AvgIpc) is 2.54. The molecule has 2 aromatic carbocycles. The minimum atomic E-state index is -3.66. The number of sulfonamides is 1. The maximum absolute atomic E-state index is 12.8. The summed E-state index contributed by atoms with van der Waals surface area (Å²) in [6.07, 6.45) is 1.42. The third-order valence-corrected chi connectivity index (χ3v) is 5.25. The number of anilines is 2. The zero-order valence-corrected chi connectivity index (χ0v) is 15.9. The number of amides is 1. The first-order valence-electron chi connectivity index (χ1n) is 7.85. The van der Waals surface area contributed by atoms with Crippen LogP contribution in [0, 0.1) is 6.92 Å². The summed E-state index contributed by atoms with van der Waals surface area (Å²) >= 11 is 5.88. The van der Waals surface area contributed by atoms with E-state index in [0.717, 1.165) is 16.1 Å². The van der Waals surface area contributed by atoms with Gasteiger partial charge in [-0.3, -0.25) is 9.10 Å². The number of rotatable bonds is 6. The lowest BCUT2D eigenvalue weighted by atomic mass is 10.1. The van der Waals surface area contributed by atoms with E-state index in [1.54, 1.807) is 37.3 Å². The number of aryl methyl sites for hydroxylation is 1. The molecule has 134 valence electrons. The van der Waals surface area contributed by atoms with Crippen molar-refractivity contribution in [3.63, 3.8) is 0 Å². The summed E-state index contributed by atoms with van der Waals surface area (Å²) < 4.78 is 25.8. The Kier molecular flexibility index (Phi) is 6.08. The van der Waals surface area contributed by atoms with Crippen molar-refractivity contribution < 1.29 is 13.2 Å². The molecular formula is C18H21ClN2O3S. The maximum atomic E-state index is 12.8. The van der Waals surface area contributed by atoms with Crippen LogP contribution in [0.5, 0.6) is 0 Å². The van der Waals surface area contributed by atoms with Crippen LogP contribution in [0.3, 0.4) is 0 Å². The quantitative estimate of drug-likeness (QED) is 0.828. The van der Waals surface area contributed by atoms with Crippen molar-refractivity contribution in [1.82, 2.24) is 0 Å². The van der Waals surface area contributed by atoms with Crippen molar-refractivity contribution in [3.8, 4) is 0 Å². The molecule has 1 atom stereocenters. The van der Waals surface area contributed by atoms with Gasteiger partial charge in [-0.15, -0.1) is 0 Å². The topological polar surface area (TPSA) is 66.5 Å². The molecule has 5 nitrogen and oxygen atoms in total. The highest BCUT2D eigenvalue weighted by Gasteiger charge is 2.31. The standard InChI is InChI=1S/C18H21ClN2O3S/c1-4-17(18(22)20-16-8-6-5-7-13(16)2)21(25(3,23)24)15-11-9-14(19)10-12-15/h5-12,17H,4H2,1-3H3,(H,20,22). The zero-order chi connectivity index (χ0) is 18.6. The first kappa shape index (κ1) is 19.3. The lowest BCUT2D eigenvalue weighted by Crippen LogP contribution is -2.47. The normalized spacial score (nSPS) is 12.5. The zero-order valence-electron chi connectivity index (χ0n) is 14.4. The molecule has 2 aromatic rings. The SMILES string of the molecule is CCC(C(=O)Nc1ccccc1C)N(c1ccc(Cl)cc1)S(C)(=O)=O. The molecule has 1 N–H and O–H groups in total. The maximum Gasteiger partial charge on any atom is 0.248 e. The number of para-hydroxylation sites is 1. The molecule has 2 rings (SSSR count).